The van der Waals surface area contributed by atoms with Crippen LogP contribution in [0.1, 0.15) is 38.3 Å². The van der Waals surface area contributed by atoms with Gasteiger partial charge in [-0.05, 0) is 57.4 Å². The molecule has 1 atom stereocenters. The molecule has 7 heteroatoms. The van der Waals surface area contributed by atoms with E-state index >= 15 is 0 Å². The number of carbonyl (C=O) groups is 2. The lowest BCUT2D eigenvalue weighted by atomic mass is 9.99. The number of benzene rings is 2. The first kappa shape index (κ1) is 21.6. The van der Waals surface area contributed by atoms with E-state index in [1.54, 1.807) is 11.0 Å². The lowest BCUT2D eigenvalue weighted by Gasteiger charge is -2.38. The van der Waals surface area contributed by atoms with Crippen LogP contribution in [0.3, 0.4) is 0 Å². The van der Waals surface area contributed by atoms with E-state index in [1.165, 1.54) is 4.90 Å². The number of nitrogens with zero attached hydrogens (tertiary/aromatic N) is 3. The number of anilines is 2. The number of hydrogen-bond acceptors (Lipinski definition) is 3. The van der Waals surface area contributed by atoms with Crippen LogP contribution in [0.2, 0.25) is 0 Å². The van der Waals surface area contributed by atoms with Crippen LogP contribution in [-0.2, 0) is 0 Å². The van der Waals surface area contributed by atoms with Crippen molar-refractivity contribution in [2.24, 2.45) is 0 Å². The third kappa shape index (κ3) is 3.73. The Morgan fingerprint density at radius 1 is 1.10 bits per heavy atom. The third-order valence-electron chi connectivity index (χ3n) is 5.66. The molecule has 1 fully saturated rings. The summed E-state index contributed by atoms with van der Waals surface area (Å²) in [5, 5.41) is 14.4. The van der Waals surface area contributed by atoms with Crippen LogP contribution in [0.4, 0.5) is 21.0 Å². The van der Waals surface area contributed by atoms with Crippen LogP contribution >= 0.6 is 0 Å². The summed E-state index contributed by atoms with van der Waals surface area (Å²) < 4.78 is 0. The topological polar surface area (TPSA) is 76.1 Å². The number of para-hydroxylation sites is 2. The van der Waals surface area contributed by atoms with Crippen molar-refractivity contribution in [2.75, 3.05) is 16.8 Å². The Morgan fingerprint density at radius 2 is 1.70 bits per heavy atom. The van der Waals surface area contributed by atoms with Crippen LogP contribution in [0.5, 0.6) is 0 Å². The molecule has 0 saturated carbocycles. The van der Waals surface area contributed by atoms with Gasteiger partial charge in [0, 0.05) is 12.2 Å². The van der Waals surface area contributed by atoms with Crippen molar-refractivity contribution in [2.45, 2.75) is 52.7 Å². The van der Waals surface area contributed by atoms with Gasteiger partial charge in [0.15, 0.2) is 6.17 Å². The molecule has 2 aromatic carbocycles. The highest BCUT2D eigenvalue weighted by molar-refractivity contribution is 5.98. The van der Waals surface area contributed by atoms with Crippen molar-refractivity contribution < 1.29 is 14.8 Å². The summed E-state index contributed by atoms with van der Waals surface area (Å²) in [4.78, 5) is 29.6. The van der Waals surface area contributed by atoms with Crippen LogP contribution in [0, 0.1) is 13.8 Å². The molecule has 0 bridgehead atoms. The molecular formula is C23H30N4O3. The molecule has 3 rings (SSSR count). The van der Waals surface area contributed by atoms with E-state index in [4.69, 9.17) is 0 Å². The number of urea groups is 2. The molecule has 1 aliphatic rings. The van der Waals surface area contributed by atoms with Crippen LogP contribution in [0.15, 0.2) is 48.5 Å². The number of carbonyl (C=O) groups excluding carboxylic acids is 2. The number of hydrogen-bond donors (Lipinski definition) is 2. The Morgan fingerprint density at radius 3 is 2.30 bits per heavy atom. The Kier molecular flexibility index (Phi) is 6.03. The van der Waals surface area contributed by atoms with E-state index in [2.05, 4.69) is 5.32 Å². The zero-order valence-electron chi connectivity index (χ0n) is 18.2. The van der Waals surface area contributed by atoms with Crippen molar-refractivity contribution in [1.82, 2.24) is 9.96 Å². The van der Waals surface area contributed by atoms with Crippen LogP contribution < -0.4 is 10.2 Å². The van der Waals surface area contributed by atoms with Crippen molar-refractivity contribution in [1.29, 1.82) is 0 Å². The quantitative estimate of drug-likeness (QED) is 0.539. The molecule has 0 unspecified atom stereocenters. The molecular weight excluding hydrogens is 380 g/mol. The second kappa shape index (κ2) is 8.36. The molecule has 30 heavy (non-hydrogen) atoms. The summed E-state index contributed by atoms with van der Waals surface area (Å²) in [5.41, 5.74) is 2.23. The van der Waals surface area contributed by atoms with E-state index in [9.17, 15) is 14.8 Å². The maximum atomic E-state index is 13.4. The van der Waals surface area contributed by atoms with Gasteiger partial charge >= 0.3 is 12.1 Å². The van der Waals surface area contributed by atoms with Crippen molar-refractivity contribution in [3.63, 3.8) is 0 Å². The molecule has 4 amide bonds. The van der Waals surface area contributed by atoms with Crippen molar-refractivity contribution in [3.05, 3.63) is 59.7 Å². The van der Waals surface area contributed by atoms with Gasteiger partial charge in [-0.3, -0.25) is 10.1 Å². The van der Waals surface area contributed by atoms with E-state index in [0.29, 0.717) is 23.0 Å². The minimum absolute atomic E-state index is 0.233. The number of aryl methyl sites for hydroxylation is 2. The zero-order valence-corrected chi connectivity index (χ0v) is 18.2. The Hall–Kier alpha value is -3.06. The maximum Gasteiger partial charge on any atom is 0.347 e. The molecule has 0 aliphatic carbocycles. The molecule has 2 N–H and O–H groups in total. The first-order chi connectivity index (χ1) is 14.2. The van der Waals surface area contributed by atoms with Gasteiger partial charge < -0.3 is 10.2 Å². The lowest BCUT2D eigenvalue weighted by molar-refractivity contribution is -0.0948. The summed E-state index contributed by atoms with van der Waals surface area (Å²) in [6, 6.07) is 13.9. The molecule has 1 heterocycles. The minimum atomic E-state index is -0.901. The Labute approximate surface area is 177 Å². The van der Waals surface area contributed by atoms with Gasteiger partial charge in [-0.25, -0.2) is 9.59 Å². The fourth-order valence-corrected chi connectivity index (χ4v) is 4.02. The Bertz CT molecular complexity index is 944. The normalized spacial score (nSPS) is 17.9. The highest BCUT2D eigenvalue weighted by Gasteiger charge is 2.55. The van der Waals surface area contributed by atoms with Gasteiger partial charge in [-0.1, -0.05) is 43.3 Å². The molecule has 0 spiro atoms. The van der Waals surface area contributed by atoms with Gasteiger partial charge in [0.2, 0.25) is 0 Å². The number of hydroxylamine groups is 2. The predicted molar refractivity (Wildman–Crippen MR) is 118 cm³/mol. The van der Waals surface area contributed by atoms with Crippen LogP contribution in [0.25, 0.3) is 0 Å². The molecule has 2 aromatic rings. The highest BCUT2D eigenvalue weighted by Crippen LogP contribution is 2.39. The molecule has 160 valence electrons. The molecule has 7 nitrogen and oxygen atoms in total. The van der Waals surface area contributed by atoms with E-state index in [-0.39, 0.29) is 6.03 Å². The van der Waals surface area contributed by atoms with Gasteiger partial charge in [0.05, 0.1) is 11.2 Å². The van der Waals surface area contributed by atoms with E-state index < -0.39 is 17.7 Å². The summed E-state index contributed by atoms with van der Waals surface area (Å²) >= 11 is 0. The first-order valence-electron chi connectivity index (χ1n) is 10.2. The predicted octanol–water partition coefficient (Wildman–Crippen LogP) is 4.98. The first-order valence-corrected chi connectivity index (χ1v) is 10.2. The lowest BCUT2D eigenvalue weighted by Crippen LogP contribution is -2.58. The fourth-order valence-electron chi connectivity index (χ4n) is 4.02. The summed E-state index contributed by atoms with van der Waals surface area (Å²) in [6.07, 6.45) is -0.133. The second-order valence-corrected chi connectivity index (χ2v) is 8.21. The van der Waals surface area contributed by atoms with Crippen molar-refractivity contribution >= 4 is 23.4 Å². The van der Waals surface area contributed by atoms with Crippen molar-refractivity contribution in [3.8, 4) is 0 Å². The van der Waals surface area contributed by atoms with Gasteiger partial charge in [-0.15, -0.1) is 0 Å². The van der Waals surface area contributed by atoms with Gasteiger partial charge in [-0.2, -0.15) is 5.06 Å². The van der Waals surface area contributed by atoms with E-state index in [1.807, 2.05) is 77.1 Å². The second-order valence-electron chi connectivity index (χ2n) is 8.21. The summed E-state index contributed by atoms with van der Waals surface area (Å²) in [6.45, 7) is 10.0. The zero-order chi connectivity index (χ0) is 22.1. The number of nitrogens with one attached hydrogen (secondary N) is 1. The highest BCUT2D eigenvalue weighted by atomic mass is 16.5. The smallest absolute Gasteiger partial charge is 0.315 e. The number of rotatable bonds is 5. The van der Waals surface area contributed by atoms with Gasteiger partial charge in [0.1, 0.15) is 0 Å². The van der Waals surface area contributed by atoms with E-state index in [0.717, 1.165) is 17.5 Å². The monoisotopic (exact) mass is 410 g/mol. The average Bonchev–Trinajstić information content (AvgIpc) is 2.90. The molecule has 1 aliphatic heterocycles. The molecule has 1 saturated heterocycles. The van der Waals surface area contributed by atoms with Crippen LogP contribution in [-0.4, -0.2) is 45.5 Å². The minimum Gasteiger partial charge on any atom is -0.315 e. The molecule has 0 aromatic heterocycles. The largest absolute Gasteiger partial charge is 0.347 e. The summed E-state index contributed by atoms with van der Waals surface area (Å²) in [7, 11) is 0. The maximum absolute atomic E-state index is 13.4. The number of amides is 4. The standard InChI is InChI=1S/C23H30N4O3/c1-6-15-25-22(29)26(19-14-10-8-12-17(19)3)20(23(25,4)5)27(30)21(28)24-18-13-9-7-11-16(18)2/h7-14,20,30H,6,15H2,1-5H3,(H,24,28)/t20-/m0/s1. The fraction of sp³-hybridized carbons (Fsp3) is 0.391. The molecule has 0 radical (unpaired) electrons. The summed E-state index contributed by atoms with van der Waals surface area (Å²) in [5.74, 6) is 0. The third-order valence-corrected chi connectivity index (χ3v) is 5.66. The van der Waals surface area contributed by atoms with Gasteiger partial charge in [0.25, 0.3) is 0 Å². The average molecular weight is 411 g/mol. The Balaban J connectivity index is 2.01. The SMILES string of the molecule is CCCN1C(=O)N(c2ccccc2C)[C@@H](N(O)C(=O)Nc2ccccc2C)C1(C)C.